The highest BCUT2D eigenvalue weighted by atomic mass is 35.5. The third kappa shape index (κ3) is 5.56. The van der Waals surface area contributed by atoms with E-state index >= 15 is 0 Å². The standard InChI is InChI=1S/C20H22ClN3O5S/c1-28-18-6-5-14(11-17(18)24(26)27)12-30-13-19(25)22-16-4-2-3-15(21)20(16)23-7-9-29-10-8-23/h2-6,11H,7-10,12-13H2,1H3,(H,22,25). The minimum absolute atomic E-state index is 0.0888. The summed E-state index contributed by atoms with van der Waals surface area (Å²) >= 11 is 7.76. The van der Waals surface area contributed by atoms with Crippen molar-refractivity contribution in [2.75, 3.05) is 49.4 Å². The molecule has 2 aromatic rings. The number of carbonyl (C=O) groups is 1. The second kappa shape index (κ2) is 10.5. The van der Waals surface area contributed by atoms with E-state index in [4.69, 9.17) is 21.1 Å². The lowest BCUT2D eigenvalue weighted by molar-refractivity contribution is -0.385. The smallest absolute Gasteiger partial charge is 0.311 e. The van der Waals surface area contributed by atoms with Crippen LogP contribution in [0.2, 0.25) is 5.02 Å². The average molecular weight is 452 g/mol. The molecule has 1 fully saturated rings. The van der Waals surface area contributed by atoms with Crippen LogP contribution in [0.4, 0.5) is 17.1 Å². The number of rotatable bonds is 8. The van der Waals surface area contributed by atoms with E-state index in [9.17, 15) is 14.9 Å². The molecule has 3 rings (SSSR count). The number of morpholine rings is 1. The number of benzene rings is 2. The van der Waals surface area contributed by atoms with Gasteiger partial charge in [-0.2, -0.15) is 0 Å². The van der Waals surface area contributed by atoms with Crippen LogP contribution in [0.3, 0.4) is 0 Å². The van der Waals surface area contributed by atoms with Crippen molar-refractivity contribution in [3.63, 3.8) is 0 Å². The van der Waals surface area contributed by atoms with Crippen molar-refractivity contribution >= 4 is 46.3 Å². The van der Waals surface area contributed by atoms with Gasteiger partial charge < -0.3 is 19.7 Å². The Balaban J connectivity index is 1.60. The number of hydrogen-bond donors (Lipinski definition) is 1. The Morgan fingerprint density at radius 1 is 1.33 bits per heavy atom. The fraction of sp³-hybridized carbons (Fsp3) is 0.350. The minimum Gasteiger partial charge on any atom is -0.490 e. The molecular formula is C20H22ClN3O5S. The first-order valence-corrected chi connectivity index (χ1v) is 10.8. The van der Waals surface area contributed by atoms with E-state index in [2.05, 4.69) is 10.2 Å². The van der Waals surface area contributed by atoms with Crippen LogP contribution >= 0.6 is 23.4 Å². The van der Waals surface area contributed by atoms with Crippen LogP contribution < -0.4 is 15.0 Å². The van der Waals surface area contributed by atoms with Crippen molar-refractivity contribution in [1.29, 1.82) is 0 Å². The molecule has 1 saturated heterocycles. The van der Waals surface area contributed by atoms with E-state index in [1.54, 1.807) is 24.3 Å². The Labute approximate surface area is 183 Å². The molecule has 1 amide bonds. The maximum Gasteiger partial charge on any atom is 0.311 e. The first-order chi connectivity index (χ1) is 14.5. The van der Waals surface area contributed by atoms with Gasteiger partial charge in [-0.1, -0.05) is 23.7 Å². The van der Waals surface area contributed by atoms with Gasteiger partial charge in [-0.15, -0.1) is 11.8 Å². The van der Waals surface area contributed by atoms with Gasteiger partial charge >= 0.3 is 5.69 Å². The zero-order chi connectivity index (χ0) is 21.5. The molecular weight excluding hydrogens is 430 g/mol. The van der Waals surface area contributed by atoms with Gasteiger partial charge in [0, 0.05) is 24.9 Å². The summed E-state index contributed by atoms with van der Waals surface area (Å²) in [5.41, 5.74) is 2.12. The summed E-state index contributed by atoms with van der Waals surface area (Å²) in [6.45, 7) is 2.64. The molecule has 0 spiro atoms. The summed E-state index contributed by atoms with van der Waals surface area (Å²) in [5, 5.41) is 14.6. The lowest BCUT2D eigenvalue weighted by Gasteiger charge is -2.31. The third-order valence-electron chi connectivity index (χ3n) is 4.53. The molecule has 30 heavy (non-hydrogen) atoms. The highest BCUT2D eigenvalue weighted by Gasteiger charge is 2.19. The number of nitro benzene ring substituents is 1. The van der Waals surface area contributed by atoms with Gasteiger partial charge in [-0.05, 0) is 23.8 Å². The second-order valence-electron chi connectivity index (χ2n) is 6.54. The molecule has 0 radical (unpaired) electrons. The van der Waals surface area contributed by atoms with Crippen LogP contribution in [0, 0.1) is 10.1 Å². The van der Waals surface area contributed by atoms with Crippen LogP contribution in [0.5, 0.6) is 5.75 Å². The number of nitro groups is 1. The molecule has 10 heteroatoms. The maximum atomic E-state index is 12.5. The summed E-state index contributed by atoms with van der Waals surface area (Å²) < 4.78 is 10.4. The summed E-state index contributed by atoms with van der Waals surface area (Å²) in [6.07, 6.45) is 0. The SMILES string of the molecule is COc1ccc(CSCC(=O)Nc2cccc(Cl)c2N2CCOCC2)cc1[N+](=O)[O-]. The molecule has 1 heterocycles. The first kappa shape index (κ1) is 22.2. The molecule has 0 bridgehead atoms. The van der Waals surface area contributed by atoms with E-state index in [1.807, 2.05) is 6.07 Å². The van der Waals surface area contributed by atoms with Crippen molar-refractivity contribution in [1.82, 2.24) is 0 Å². The fourth-order valence-electron chi connectivity index (χ4n) is 3.14. The Bertz CT molecular complexity index is 921. The second-order valence-corrected chi connectivity index (χ2v) is 7.93. The van der Waals surface area contributed by atoms with Gasteiger partial charge in [0.1, 0.15) is 0 Å². The Kier molecular flexibility index (Phi) is 7.78. The predicted octanol–water partition coefficient (Wildman–Crippen LogP) is 3.97. The van der Waals surface area contributed by atoms with Gasteiger partial charge in [-0.3, -0.25) is 14.9 Å². The van der Waals surface area contributed by atoms with Crippen LogP contribution in [0.1, 0.15) is 5.56 Å². The fourth-order valence-corrected chi connectivity index (χ4v) is 4.21. The number of anilines is 2. The topological polar surface area (TPSA) is 93.9 Å². The molecule has 1 N–H and O–H groups in total. The summed E-state index contributed by atoms with van der Waals surface area (Å²) in [6, 6.07) is 10.2. The Morgan fingerprint density at radius 2 is 2.10 bits per heavy atom. The minimum atomic E-state index is -0.480. The molecule has 1 aliphatic heterocycles. The van der Waals surface area contributed by atoms with Crippen LogP contribution in [-0.4, -0.2) is 50.0 Å². The van der Waals surface area contributed by atoms with Crippen LogP contribution in [0.25, 0.3) is 0 Å². The molecule has 8 nitrogen and oxygen atoms in total. The monoisotopic (exact) mass is 451 g/mol. The van der Waals surface area contributed by atoms with Gasteiger partial charge in [0.2, 0.25) is 5.91 Å². The molecule has 160 valence electrons. The van der Waals surface area contributed by atoms with Gasteiger partial charge in [0.15, 0.2) is 5.75 Å². The van der Waals surface area contributed by atoms with Crippen molar-refractivity contribution in [2.45, 2.75) is 5.75 Å². The number of amides is 1. The van der Waals surface area contributed by atoms with E-state index < -0.39 is 4.92 Å². The van der Waals surface area contributed by atoms with Gasteiger partial charge in [0.25, 0.3) is 0 Å². The first-order valence-electron chi connectivity index (χ1n) is 9.29. The molecule has 1 aliphatic rings. The molecule has 0 saturated carbocycles. The quantitative estimate of drug-likeness (QED) is 0.479. The number of hydrogen-bond acceptors (Lipinski definition) is 7. The third-order valence-corrected chi connectivity index (χ3v) is 5.84. The van der Waals surface area contributed by atoms with Crippen molar-refractivity contribution in [2.24, 2.45) is 0 Å². The normalized spacial score (nSPS) is 13.7. The molecule has 2 aromatic carbocycles. The number of thioether (sulfide) groups is 1. The van der Waals surface area contributed by atoms with Crippen molar-refractivity contribution < 1.29 is 19.2 Å². The Hall–Kier alpha value is -2.49. The average Bonchev–Trinajstić information content (AvgIpc) is 2.74. The number of para-hydroxylation sites is 1. The van der Waals surface area contributed by atoms with E-state index in [1.165, 1.54) is 24.9 Å². The number of nitrogens with zero attached hydrogens (tertiary/aromatic N) is 2. The summed E-state index contributed by atoms with van der Waals surface area (Å²) in [4.78, 5) is 25.2. The molecule has 0 aliphatic carbocycles. The number of methoxy groups -OCH3 is 1. The maximum absolute atomic E-state index is 12.5. The van der Waals surface area contributed by atoms with Crippen LogP contribution in [-0.2, 0) is 15.3 Å². The molecule has 0 aromatic heterocycles. The number of nitrogens with one attached hydrogen (secondary N) is 1. The molecule has 0 atom stereocenters. The van der Waals surface area contributed by atoms with Crippen LogP contribution in [0.15, 0.2) is 36.4 Å². The zero-order valence-electron chi connectivity index (χ0n) is 16.4. The lowest BCUT2D eigenvalue weighted by atomic mass is 10.2. The summed E-state index contributed by atoms with van der Waals surface area (Å²) in [5.74, 6) is 0.710. The number of carbonyl (C=O) groups excluding carboxylic acids is 1. The number of halogens is 1. The van der Waals surface area contributed by atoms with Crippen molar-refractivity contribution in [3.05, 3.63) is 57.1 Å². The van der Waals surface area contributed by atoms with Gasteiger partial charge in [-0.25, -0.2) is 0 Å². The van der Waals surface area contributed by atoms with Gasteiger partial charge in [0.05, 0.1) is 47.4 Å². The largest absolute Gasteiger partial charge is 0.490 e. The van der Waals surface area contributed by atoms with E-state index in [-0.39, 0.29) is 23.1 Å². The predicted molar refractivity (Wildman–Crippen MR) is 119 cm³/mol. The van der Waals surface area contributed by atoms with E-state index in [0.29, 0.717) is 42.8 Å². The van der Waals surface area contributed by atoms with E-state index in [0.717, 1.165) is 11.3 Å². The molecule has 0 unspecified atom stereocenters. The van der Waals surface area contributed by atoms with Crippen molar-refractivity contribution in [3.8, 4) is 5.75 Å². The number of ether oxygens (including phenoxy) is 2. The summed E-state index contributed by atoms with van der Waals surface area (Å²) in [7, 11) is 1.39. The lowest BCUT2D eigenvalue weighted by Crippen LogP contribution is -2.37. The zero-order valence-corrected chi connectivity index (χ0v) is 18.0. The highest BCUT2D eigenvalue weighted by molar-refractivity contribution is 7.99. The highest BCUT2D eigenvalue weighted by Crippen LogP contribution is 2.34. The Morgan fingerprint density at radius 3 is 2.80 bits per heavy atom.